The van der Waals surface area contributed by atoms with Crippen LogP contribution in [0.1, 0.15) is 24.1 Å². The van der Waals surface area contributed by atoms with Gasteiger partial charge in [0.15, 0.2) is 0 Å². The Bertz CT molecular complexity index is 887. The highest BCUT2D eigenvalue weighted by Gasteiger charge is 2.22. The molecule has 0 heterocycles. The van der Waals surface area contributed by atoms with Gasteiger partial charge >= 0.3 is 11.8 Å². The monoisotopic (exact) mass is 374 g/mol. The number of carbonyl (C=O) groups is 2. The van der Waals surface area contributed by atoms with Crippen molar-refractivity contribution in [1.29, 1.82) is 0 Å². The van der Waals surface area contributed by atoms with E-state index in [1.807, 2.05) is 73.7 Å². The van der Waals surface area contributed by atoms with E-state index in [9.17, 15) is 9.59 Å². The van der Waals surface area contributed by atoms with Crippen LogP contribution in [-0.2, 0) is 9.59 Å². The molecule has 3 rings (SSSR count). The van der Waals surface area contributed by atoms with E-state index in [1.54, 1.807) is 18.2 Å². The van der Waals surface area contributed by atoms with E-state index in [2.05, 4.69) is 10.6 Å². The fourth-order valence-electron chi connectivity index (χ4n) is 2.88. The lowest BCUT2D eigenvalue weighted by atomic mass is 9.99. The standard InChI is InChI=1S/C23H22N2O3/c1-2-28-20-16-10-9-15-19(20)24-22(26)23(27)25-21(17-11-5-3-6-12-17)18-13-7-4-8-14-18/h3-16,21H,2H2,1H3,(H,24,26)(H,25,27). The van der Waals surface area contributed by atoms with E-state index in [1.165, 1.54) is 0 Å². The number of nitrogens with one attached hydrogen (secondary N) is 2. The molecule has 0 bridgehead atoms. The van der Waals surface area contributed by atoms with Crippen LogP contribution in [-0.4, -0.2) is 18.4 Å². The highest BCUT2D eigenvalue weighted by atomic mass is 16.5. The first-order valence-electron chi connectivity index (χ1n) is 9.12. The number of hydrogen-bond acceptors (Lipinski definition) is 3. The number of rotatable bonds is 6. The van der Waals surface area contributed by atoms with Gasteiger partial charge in [-0.15, -0.1) is 0 Å². The topological polar surface area (TPSA) is 67.4 Å². The molecule has 2 amide bonds. The third-order valence-electron chi connectivity index (χ3n) is 4.18. The molecule has 0 unspecified atom stereocenters. The van der Waals surface area contributed by atoms with Gasteiger partial charge in [-0.2, -0.15) is 0 Å². The number of anilines is 1. The van der Waals surface area contributed by atoms with Crippen LogP contribution in [0.15, 0.2) is 84.9 Å². The molecular weight excluding hydrogens is 352 g/mol. The maximum Gasteiger partial charge on any atom is 0.313 e. The summed E-state index contributed by atoms with van der Waals surface area (Å²) in [6, 6.07) is 25.7. The van der Waals surface area contributed by atoms with Crippen molar-refractivity contribution in [2.24, 2.45) is 0 Å². The van der Waals surface area contributed by atoms with E-state index in [-0.39, 0.29) is 0 Å². The maximum absolute atomic E-state index is 12.6. The van der Waals surface area contributed by atoms with Gasteiger partial charge in [-0.25, -0.2) is 0 Å². The number of hydrogen-bond donors (Lipinski definition) is 2. The quantitative estimate of drug-likeness (QED) is 0.643. The minimum atomic E-state index is -0.746. The zero-order chi connectivity index (χ0) is 19.8. The number of ether oxygens (including phenoxy) is 1. The van der Waals surface area contributed by atoms with Crippen molar-refractivity contribution in [3.8, 4) is 5.75 Å². The van der Waals surface area contributed by atoms with Crippen molar-refractivity contribution in [1.82, 2.24) is 5.32 Å². The Morgan fingerprint density at radius 3 is 1.89 bits per heavy atom. The van der Waals surface area contributed by atoms with Gasteiger partial charge in [-0.05, 0) is 30.2 Å². The summed E-state index contributed by atoms with van der Waals surface area (Å²) >= 11 is 0. The molecule has 0 atom stereocenters. The molecule has 142 valence electrons. The second-order valence-corrected chi connectivity index (χ2v) is 6.11. The predicted octanol–water partition coefficient (Wildman–Crippen LogP) is 3.93. The molecule has 0 fully saturated rings. The number of carbonyl (C=O) groups excluding carboxylic acids is 2. The molecule has 5 heteroatoms. The summed E-state index contributed by atoms with van der Waals surface area (Å²) in [5, 5.41) is 5.46. The van der Waals surface area contributed by atoms with Crippen molar-refractivity contribution in [3.05, 3.63) is 96.1 Å². The Balaban J connectivity index is 1.78. The first-order chi connectivity index (χ1) is 13.7. The molecule has 3 aromatic carbocycles. The first kappa shape index (κ1) is 19.2. The highest BCUT2D eigenvalue weighted by molar-refractivity contribution is 6.39. The lowest BCUT2D eigenvalue weighted by Gasteiger charge is -2.20. The molecule has 2 N–H and O–H groups in total. The molecule has 0 spiro atoms. The minimum absolute atomic E-state index is 0.428. The third-order valence-corrected chi connectivity index (χ3v) is 4.18. The molecule has 28 heavy (non-hydrogen) atoms. The van der Waals surface area contributed by atoms with E-state index < -0.39 is 17.9 Å². The smallest absolute Gasteiger partial charge is 0.313 e. The Morgan fingerprint density at radius 1 is 0.786 bits per heavy atom. The van der Waals surface area contributed by atoms with Gasteiger partial charge in [-0.1, -0.05) is 72.8 Å². The van der Waals surface area contributed by atoms with Crippen LogP contribution < -0.4 is 15.4 Å². The SMILES string of the molecule is CCOc1ccccc1NC(=O)C(=O)NC(c1ccccc1)c1ccccc1. The average Bonchev–Trinajstić information content (AvgIpc) is 2.74. The van der Waals surface area contributed by atoms with Gasteiger partial charge in [-0.3, -0.25) is 9.59 Å². The average molecular weight is 374 g/mol. The van der Waals surface area contributed by atoms with Gasteiger partial charge < -0.3 is 15.4 Å². The molecular formula is C23H22N2O3. The molecule has 0 saturated carbocycles. The summed E-state index contributed by atoms with van der Waals surface area (Å²) < 4.78 is 5.49. The number of amides is 2. The van der Waals surface area contributed by atoms with Crippen LogP contribution in [0.5, 0.6) is 5.75 Å². The zero-order valence-corrected chi connectivity index (χ0v) is 15.6. The van der Waals surface area contributed by atoms with E-state index in [4.69, 9.17) is 4.74 Å². The third kappa shape index (κ3) is 4.76. The van der Waals surface area contributed by atoms with Crippen molar-refractivity contribution in [2.75, 3.05) is 11.9 Å². The van der Waals surface area contributed by atoms with Crippen molar-refractivity contribution >= 4 is 17.5 Å². The minimum Gasteiger partial charge on any atom is -0.492 e. The van der Waals surface area contributed by atoms with Crippen LogP contribution in [0.25, 0.3) is 0 Å². The molecule has 0 aliphatic carbocycles. The van der Waals surface area contributed by atoms with Crippen LogP contribution in [0.4, 0.5) is 5.69 Å². The normalized spacial score (nSPS) is 10.4. The number of benzene rings is 3. The summed E-state index contributed by atoms with van der Waals surface area (Å²) in [6.45, 7) is 2.32. The van der Waals surface area contributed by atoms with E-state index >= 15 is 0 Å². The second-order valence-electron chi connectivity index (χ2n) is 6.11. The largest absolute Gasteiger partial charge is 0.492 e. The Kier molecular flexibility index (Phi) is 6.41. The summed E-state index contributed by atoms with van der Waals surface area (Å²) in [5.41, 5.74) is 2.25. The fraction of sp³-hybridized carbons (Fsp3) is 0.130. The summed E-state index contributed by atoms with van der Waals surface area (Å²) in [6.07, 6.45) is 0. The molecule has 0 aliphatic heterocycles. The van der Waals surface area contributed by atoms with Gasteiger partial charge in [0.25, 0.3) is 0 Å². The van der Waals surface area contributed by atoms with E-state index in [0.29, 0.717) is 18.0 Å². The Labute approximate surface area is 164 Å². The van der Waals surface area contributed by atoms with Crippen molar-refractivity contribution in [3.63, 3.8) is 0 Å². The molecule has 0 aliphatic rings. The summed E-state index contributed by atoms with van der Waals surface area (Å²) in [5.74, 6) is -0.943. The first-order valence-corrected chi connectivity index (χ1v) is 9.12. The molecule has 0 aromatic heterocycles. The molecule has 0 saturated heterocycles. The lowest BCUT2D eigenvalue weighted by Crippen LogP contribution is -2.38. The Morgan fingerprint density at radius 2 is 1.32 bits per heavy atom. The predicted molar refractivity (Wildman–Crippen MR) is 109 cm³/mol. The fourth-order valence-corrected chi connectivity index (χ4v) is 2.88. The summed E-state index contributed by atoms with van der Waals surface area (Å²) in [4.78, 5) is 25.1. The molecule has 5 nitrogen and oxygen atoms in total. The van der Waals surface area contributed by atoms with E-state index in [0.717, 1.165) is 11.1 Å². The lowest BCUT2D eigenvalue weighted by molar-refractivity contribution is -0.136. The van der Waals surface area contributed by atoms with Gasteiger partial charge in [0.05, 0.1) is 18.3 Å². The second kappa shape index (κ2) is 9.37. The van der Waals surface area contributed by atoms with Gasteiger partial charge in [0, 0.05) is 0 Å². The van der Waals surface area contributed by atoms with Crippen molar-refractivity contribution in [2.45, 2.75) is 13.0 Å². The molecule has 0 radical (unpaired) electrons. The number of para-hydroxylation sites is 2. The van der Waals surface area contributed by atoms with Gasteiger partial charge in [0.2, 0.25) is 0 Å². The summed E-state index contributed by atoms with van der Waals surface area (Å²) in [7, 11) is 0. The maximum atomic E-state index is 12.6. The van der Waals surface area contributed by atoms with Crippen LogP contribution >= 0.6 is 0 Å². The van der Waals surface area contributed by atoms with Crippen LogP contribution in [0, 0.1) is 0 Å². The molecule has 3 aromatic rings. The van der Waals surface area contributed by atoms with Crippen LogP contribution in [0.3, 0.4) is 0 Å². The Hall–Kier alpha value is -3.60. The zero-order valence-electron chi connectivity index (χ0n) is 15.6. The van der Waals surface area contributed by atoms with Gasteiger partial charge in [0.1, 0.15) is 5.75 Å². The van der Waals surface area contributed by atoms with Crippen LogP contribution in [0.2, 0.25) is 0 Å². The van der Waals surface area contributed by atoms with Crippen molar-refractivity contribution < 1.29 is 14.3 Å². The highest BCUT2D eigenvalue weighted by Crippen LogP contribution is 2.24.